The highest BCUT2D eigenvalue weighted by atomic mass is 16.5. The van der Waals surface area contributed by atoms with E-state index in [1.54, 1.807) is 6.20 Å². The van der Waals surface area contributed by atoms with Crippen LogP contribution in [-0.2, 0) is 22.5 Å². The maximum atomic E-state index is 12.2. The highest BCUT2D eigenvalue weighted by molar-refractivity contribution is 5.99. The molecule has 1 aliphatic heterocycles. The first-order chi connectivity index (χ1) is 11.2. The van der Waals surface area contributed by atoms with Gasteiger partial charge >= 0.3 is 0 Å². The molecule has 0 bridgehead atoms. The van der Waals surface area contributed by atoms with Crippen molar-refractivity contribution in [1.82, 2.24) is 9.88 Å². The Labute approximate surface area is 135 Å². The lowest BCUT2D eigenvalue weighted by molar-refractivity contribution is -0.122. The number of nitrogens with zero attached hydrogens (tertiary/aromatic N) is 1. The van der Waals surface area contributed by atoms with E-state index in [1.165, 1.54) is 0 Å². The molecule has 1 fully saturated rings. The first-order valence-electron chi connectivity index (χ1n) is 8.17. The normalized spacial score (nSPS) is 17.5. The lowest BCUT2D eigenvalue weighted by atomic mass is 10.1. The number of nitrogens with one attached hydrogen (secondary N) is 1. The third kappa shape index (κ3) is 3.29. The van der Waals surface area contributed by atoms with Gasteiger partial charge in [-0.15, -0.1) is 0 Å². The number of para-hydroxylation sites is 1. The summed E-state index contributed by atoms with van der Waals surface area (Å²) in [6, 6.07) is 5.92. The van der Waals surface area contributed by atoms with Crippen molar-refractivity contribution in [3.05, 3.63) is 35.5 Å². The Balaban J connectivity index is 1.78. The number of rotatable bonds is 6. The largest absolute Gasteiger partial charge is 0.376 e. The number of amides is 1. The van der Waals surface area contributed by atoms with Crippen LogP contribution in [-0.4, -0.2) is 36.0 Å². The molecule has 0 saturated carbocycles. The van der Waals surface area contributed by atoms with Gasteiger partial charge in [0.2, 0.25) is 5.91 Å². The maximum Gasteiger partial charge on any atom is 0.240 e. The van der Waals surface area contributed by atoms with Gasteiger partial charge in [0.25, 0.3) is 0 Å². The molecule has 5 nitrogen and oxygen atoms in total. The van der Waals surface area contributed by atoms with Crippen LogP contribution in [0.1, 0.15) is 35.7 Å². The van der Waals surface area contributed by atoms with E-state index in [0.29, 0.717) is 12.1 Å². The van der Waals surface area contributed by atoms with E-state index >= 15 is 0 Å². The zero-order valence-corrected chi connectivity index (χ0v) is 13.4. The zero-order chi connectivity index (χ0) is 16.2. The predicted molar refractivity (Wildman–Crippen MR) is 88.7 cm³/mol. The average Bonchev–Trinajstić information content (AvgIpc) is 3.20. The van der Waals surface area contributed by atoms with Crippen molar-refractivity contribution in [2.75, 3.05) is 13.2 Å². The van der Waals surface area contributed by atoms with Crippen molar-refractivity contribution in [1.29, 1.82) is 0 Å². The molecular weight excluding hydrogens is 292 g/mol. The summed E-state index contributed by atoms with van der Waals surface area (Å²) >= 11 is 0. The molecule has 1 saturated heterocycles. The summed E-state index contributed by atoms with van der Waals surface area (Å²) in [7, 11) is 0. The second kappa shape index (κ2) is 6.96. The van der Waals surface area contributed by atoms with Gasteiger partial charge in [0.15, 0.2) is 6.29 Å². The fourth-order valence-electron chi connectivity index (χ4n) is 3.21. The number of carbonyl (C=O) groups is 2. The Morgan fingerprint density at radius 3 is 3.04 bits per heavy atom. The van der Waals surface area contributed by atoms with Crippen LogP contribution >= 0.6 is 0 Å². The van der Waals surface area contributed by atoms with Gasteiger partial charge in [-0.1, -0.05) is 25.1 Å². The van der Waals surface area contributed by atoms with Crippen molar-refractivity contribution in [2.45, 2.75) is 38.8 Å². The van der Waals surface area contributed by atoms with Crippen molar-refractivity contribution in [3.63, 3.8) is 0 Å². The number of benzene rings is 1. The Hall–Kier alpha value is -2.14. The molecule has 0 unspecified atom stereocenters. The first-order valence-corrected chi connectivity index (χ1v) is 8.17. The zero-order valence-electron chi connectivity index (χ0n) is 13.4. The minimum atomic E-state index is -0.0549. The molecule has 0 spiro atoms. The van der Waals surface area contributed by atoms with E-state index in [2.05, 4.69) is 12.2 Å². The van der Waals surface area contributed by atoms with E-state index in [-0.39, 0.29) is 18.6 Å². The van der Waals surface area contributed by atoms with Gasteiger partial charge in [0, 0.05) is 30.3 Å². The Kier molecular flexibility index (Phi) is 4.76. The van der Waals surface area contributed by atoms with Crippen molar-refractivity contribution < 1.29 is 14.3 Å². The topological polar surface area (TPSA) is 60.3 Å². The Morgan fingerprint density at radius 2 is 2.35 bits per heavy atom. The summed E-state index contributed by atoms with van der Waals surface area (Å²) in [5, 5.41) is 3.84. The highest BCUT2D eigenvalue weighted by Gasteiger charge is 2.17. The summed E-state index contributed by atoms with van der Waals surface area (Å²) in [6.07, 6.45) is 5.67. The molecule has 1 aromatic heterocycles. The fourth-order valence-corrected chi connectivity index (χ4v) is 3.21. The quantitative estimate of drug-likeness (QED) is 0.832. The van der Waals surface area contributed by atoms with Crippen molar-refractivity contribution in [2.24, 2.45) is 0 Å². The number of fused-ring (bicyclic) bond motifs is 1. The summed E-state index contributed by atoms with van der Waals surface area (Å²) in [5.74, 6) is -0.0549. The van der Waals surface area contributed by atoms with Crippen LogP contribution in [0.3, 0.4) is 0 Å². The van der Waals surface area contributed by atoms with Gasteiger partial charge in [-0.05, 0) is 24.8 Å². The smallest absolute Gasteiger partial charge is 0.240 e. The Bertz CT molecular complexity index is 714. The summed E-state index contributed by atoms with van der Waals surface area (Å²) in [4.78, 5) is 23.5. The number of aryl methyl sites for hydroxylation is 1. The third-order valence-electron chi connectivity index (χ3n) is 4.39. The molecule has 0 radical (unpaired) electrons. The van der Waals surface area contributed by atoms with E-state index < -0.39 is 0 Å². The van der Waals surface area contributed by atoms with Gasteiger partial charge in [0.05, 0.1) is 11.6 Å². The van der Waals surface area contributed by atoms with Gasteiger partial charge in [0.1, 0.15) is 6.54 Å². The molecule has 2 heterocycles. The average molecular weight is 314 g/mol. The fraction of sp³-hybridized carbons (Fsp3) is 0.444. The lowest BCUT2D eigenvalue weighted by Gasteiger charge is -2.12. The molecule has 122 valence electrons. The monoisotopic (exact) mass is 314 g/mol. The molecule has 1 atom stereocenters. The number of hydrogen-bond donors (Lipinski definition) is 1. The van der Waals surface area contributed by atoms with E-state index in [9.17, 15) is 9.59 Å². The number of hydrogen-bond acceptors (Lipinski definition) is 3. The number of ether oxygens (including phenoxy) is 1. The minimum Gasteiger partial charge on any atom is -0.376 e. The molecule has 1 aromatic carbocycles. The highest BCUT2D eigenvalue weighted by Crippen LogP contribution is 2.24. The number of aromatic nitrogens is 1. The molecule has 0 aliphatic carbocycles. The minimum absolute atomic E-state index is 0.0549. The second-order valence-corrected chi connectivity index (χ2v) is 5.94. The van der Waals surface area contributed by atoms with E-state index in [0.717, 1.165) is 48.6 Å². The van der Waals surface area contributed by atoms with Crippen LogP contribution in [0.5, 0.6) is 0 Å². The predicted octanol–water partition coefficient (Wildman–Crippen LogP) is 2.31. The maximum absolute atomic E-state index is 12.2. The van der Waals surface area contributed by atoms with Gasteiger partial charge in [-0.25, -0.2) is 0 Å². The van der Waals surface area contributed by atoms with Gasteiger partial charge in [-0.3, -0.25) is 9.59 Å². The number of carbonyl (C=O) groups excluding carboxylic acids is 2. The molecule has 2 aromatic rings. The molecule has 23 heavy (non-hydrogen) atoms. The second-order valence-electron chi connectivity index (χ2n) is 5.94. The number of aldehydes is 1. The van der Waals surface area contributed by atoms with Crippen molar-refractivity contribution in [3.8, 4) is 0 Å². The van der Waals surface area contributed by atoms with Crippen LogP contribution < -0.4 is 5.32 Å². The van der Waals surface area contributed by atoms with Crippen LogP contribution in [0.25, 0.3) is 10.9 Å². The lowest BCUT2D eigenvalue weighted by Crippen LogP contribution is -2.34. The molecular formula is C18H22N2O3. The van der Waals surface area contributed by atoms with Crippen LogP contribution in [0.4, 0.5) is 0 Å². The van der Waals surface area contributed by atoms with E-state index in [4.69, 9.17) is 4.74 Å². The van der Waals surface area contributed by atoms with Crippen molar-refractivity contribution >= 4 is 23.1 Å². The Morgan fingerprint density at radius 1 is 1.48 bits per heavy atom. The van der Waals surface area contributed by atoms with E-state index in [1.807, 2.05) is 22.8 Å². The van der Waals surface area contributed by atoms with Gasteiger partial charge in [-0.2, -0.15) is 0 Å². The molecule has 1 aliphatic rings. The molecule has 5 heteroatoms. The van der Waals surface area contributed by atoms with Gasteiger partial charge < -0.3 is 14.6 Å². The SMILES string of the molecule is CCc1cccc2c(C=O)cn(CC(=O)NC[C@@H]3CCCO3)c12. The molecule has 3 rings (SSSR count). The van der Waals surface area contributed by atoms with Crippen LogP contribution in [0.2, 0.25) is 0 Å². The van der Waals surface area contributed by atoms with Crippen LogP contribution in [0, 0.1) is 0 Å². The molecule has 1 amide bonds. The summed E-state index contributed by atoms with van der Waals surface area (Å²) < 4.78 is 7.39. The molecule has 1 N–H and O–H groups in total. The standard InChI is InChI=1S/C18H22N2O3/c1-2-13-5-3-7-16-14(12-21)10-20(18(13)16)11-17(22)19-9-15-6-4-8-23-15/h3,5,7,10,12,15H,2,4,6,8-9,11H2,1H3,(H,19,22)/t15-/m0/s1. The summed E-state index contributed by atoms with van der Waals surface area (Å²) in [5.41, 5.74) is 2.74. The first kappa shape index (κ1) is 15.7. The summed E-state index contributed by atoms with van der Waals surface area (Å²) in [6.45, 7) is 3.63. The van der Waals surface area contributed by atoms with Crippen LogP contribution in [0.15, 0.2) is 24.4 Å². The third-order valence-corrected chi connectivity index (χ3v) is 4.39.